The highest BCUT2D eigenvalue weighted by Gasteiger charge is 2.31. The molecule has 1 aliphatic heterocycles. The molecule has 1 heterocycles. The third-order valence-corrected chi connectivity index (χ3v) is 6.73. The maximum atomic E-state index is 11.6. The molecule has 1 aliphatic rings. The zero-order chi connectivity index (χ0) is 13.1. The predicted molar refractivity (Wildman–Crippen MR) is 76.5 cm³/mol. The number of nitrogens with one attached hydrogen (secondary N) is 1. The summed E-state index contributed by atoms with van der Waals surface area (Å²) in [5.74, 6) is 1.40. The van der Waals surface area contributed by atoms with Crippen molar-refractivity contribution < 1.29 is 8.42 Å². The van der Waals surface area contributed by atoms with E-state index in [1.165, 1.54) is 0 Å². The van der Waals surface area contributed by atoms with Crippen molar-refractivity contribution in [3.63, 3.8) is 0 Å². The fourth-order valence-electron chi connectivity index (χ4n) is 1.85. The topological polar surface area (TPSA) is 46.2 Å². The quantitative estimate of drug-likeness (QED) is 0.837. The van der Waals surface area contributed by atoms with E-state index in [0.717, 1.165) is 18.6 Å². The van der Waals surface area contributed by atoms with Gasteiger partial charge in [0.05, 0.1) is 11.0 Å². The van der Waals surface area contributed by atoms with Crippen LogP contribution in [0.5, 0.6) is 0 Å². The molecule has 2 unspecified atom stereocenters. The fourth-order valence-corrected chi connectivity index (χ4v) is 4.50. The van der Waals surface area contributed by atoms with Crippen LogP contribution in [-0.4, -0.2) is 42.5 Å². The van der Waals surface area contributed by atoms with E-state index >= 15 is 0 Å². The molecule has 1 rings (SSSR count). The summed E-state index contributed by atoms with van der Waals surface area (Å²) in [5, 5.41) is 3.20. The van der Waals surface area contributed by atoms with Gasteiger partial charge in [-0.15, -0.1) is 0 Å². The van der Waals surface area contributed by atoms with Crippen LogP contribution >= 0.6 is 11.8 Å². The van der Waals surface area contributed by atoms with Crippen molar-refractivity contribution in [1.29, 1.82) is 0 Å². The molecule has 1 N–H and O–H groups in total. The molecule has 0 radical (unpaired) electrons. The van der Waals surface area contributed by atoms with Crippen molar-refractivity contribution in [2.75, 3.05) is 18.1 Å². The lowest BCUT2D eigenvalue weighted by atomic mass is 10.2. The molecule has 1 saturated heterocycles. The number of thioether (sulfide) groups is 1. The number of rotatable bonds is 5. The maximum Gasteiger partial charge on any atom is 0.154 e. The van der Waals surface area contributed by atoms with E-state index in [2.05, 4.69) is 33.0 Å². The van der Waals surface area contributed by atoms with Gasteiger partial charge in [0, 0.05) is 23.1 Å². The van der Waals surface area contributed by atoms with Gasteiger partial charge in [0.15, 0.2) is 9.84 Å². The summed E-state index contributed by atoms with van der Waals surface area (Å²) in [7, 11) is -2.80. The molecule has 0 aromatic carbocycles. The molecule has 0 aromatic heterocycles. The number of sulfone groups is 1. The average molecular weight is 279 g/mol. The van der Waals surface area contributed by atoms with Gasteiger partial charge in [-0.1, -0.05) is 20.8 Å². The highest BCUT2D eigenvalue weighted by molar-refractivity contribution is 8.00. The van der Waals surface area contributed by atoms with Crippen LogP contribution in [-0.2, 0) is 9.84 Å². The van der Waals surface area contributed by atoms with Gasteiger partial charge in [-0.2, -0.15) is 11.8 Å². The molecule has 0 aromatic rings. The van der Waals surface area contributed by atoms with Crippen LogP contribution < -0.4 is 5.32 Å². The summed E-state index contributed by atoms with van der Waals surface area (Å²) in [4.78, 5) is 0. The molecule has 0 amide bonds. The Hall–Kier alpha value is 0.260. The van der Waals surface area contributed by atoms with Gasteiger partial charge in [-0.05, 0) is 19.8 Å². The summed E-state index contributed by atoms with van der Waals surface area (Å²) < 4.78 is 23.6. The SMILES string of the molecule is CC(CSC(C)(C)C)NCC1CCCS1(=O)=O. The predicted octanol–water partition coefficient (Wildman–Crippen LogP) is 2.07. The Labute approximate surface area is 110 Å². The Morgan fingerprint density at radius 1 is 1.41 bits per heavy atom. The molecule has 102 valence electrons. The zero-order valence-electron chi connectivity index (χ0n) is 11.3. The minimum absolute atomic E-state index is 0.149. The molecule has 0 saturated carbocycles. The van der Waals surface area contributed by atoms with Crippen molar-refractivity contribution >= 4 is 21.6 Å². The maximum absolute atomic E-state index is 11.6. The van der Waals surface area contributed by atoms with Crippen LogP contribution in [0.4, 0.5) is 0 Å². The lowest BCUT2D eigenvalue weighted by molar-refractivity contribution is 0.548. The van der Waals surface area contributed by atoms with E-state index in [9.17, 15) is 8.42 Å². The van der Waals surface area contributed by atoms with Crippen LogP contribution in [0.1, 0.15) is 40.5 Å². The van der Waals surface area contributed by atoms with Crippen molar-refractivity contribution in [3.8, 4) is 0 Å². The normalized spacial score (nSPS) is 26.0. The molecule has 3 nitrogen and oxygen atoms in total. The highest BCUT2D eigenvalue weighted by atomic mass is 32.2. The first kappa shape index (κ1) is 15.3. The summed E-state index contributed by atoms with van der Waals surface area (Å²) in [6.07, 6.45) is 1.66. The first-order chi connectivity index (χ1) is 7.71. The van der Waals surface area contributed by atoms with Crippen molar-refractivity contribution in [1.82, 2.24) is 5.32 Å². The second-order valence-corrected chi connectivity index (χ2v) is 10.1. The minimum Gasteiger partial charge on any atom is -0.312 e. The van der Waals surface area contributed by atoms with E-state index in [1.54, 1.807) is 0 Å². The first-order valence-corrected chi connectivity index (χ1v) is 9.00. The Morgan fingerprint density at radius 2 is 2.06 bits per heavy atom. The molecule has 5 heteroatoms. The van der Waals surface area contributed by atoms with Gasteiger partial charge in [0.1, 0.15) is 0 Å². The van der Waals surface area contributed by atoms with Crippen LogP contribution in [0.2, 0.25) is 0 Å². The van der Waals surface area contributed by atoms with E-state index in [0.29, 0.717) is 18.3 Å². The lowest BCUT2D eigenvalue weighted by Crippen LogP contribution is -2.37. The largest absolute Gasteiger partial charge is 0.312 e. The average Bonchev–Trinajstić information content (AvgIpc) is 2.50. The second kappa shape index (κ2) is 5.93. The number of hydrogen-bond donors (Lipinski definition) is 1. The van der Waals surface area contributed by atoms with E-state index in [1.807, 2.05) is 11.8 Å². The van der Waals surface area contributed by atoms with Crippen LogP contribution in [0.15, 0.2) is 0 Å². The summed E-state index contributed by atoms with van der Waals surface area (Å²) in [5.41, 5.74) is 0. The Kier molecular flexibility index (Phi) is 5.35. The monoisotopic (exact) mass is 279 g/mol. The fraction of sp³-hybridized carbons (Fsp3) is 1.00. The molecule has 17 heavy (non-hydrogen) atoms. The number of hydrogen-bond acceptors (Lipinski definition) is 4. The molecule has 1 fully saturated rings. The molecule has 0 aliphatic carbocycles. The van der Waals surface area contributed by atoms with Gasteiger partial charge in [-0.25, -0.2) is 8.42 Å². The summed E-state index contributed by atoms with van der Waals surface area (Å²) in [6, 6.07) is 0.370. The summed E-state index contributed by atoms with van der Waals surface area (Å²) in [6.45, 7) is 9.35. The van der Waals surface area contributed by atoms with Gasteiger partial charge in [0.25, 0.3) is 0 Å². The summed E-state index contributed by atoms with van der Waals surface area (Å²) >= 11 is 1.91. The van der Waals surface area contributed by atoms with Crippen LogP contribution in [0.3, 0.4) is 0 Å². The molecular formula is C12H25NO2S2. The minimum atomic E-state index is -2.80. The van der Waals surface area contributed by atoms with Crippen molar-refractivity contribution in [2.24, 2.45) is 0 Å². The molecule has 0 spiro atoms. The van der Waals surface area contributed by atoms with Gasteiger partial charge in [0.2, 0.25) is 0 Å². The lowest BCUT2D eigenvalue weighted by Gasteiger charge is -2.22. The third-order valence-electron chi connectivity index (χ3n) is 2.92. The van der Waals surface area contributed by atoms with Gasteiger partial charge < -0.3 is 5.32 Å². The smallest absolute Gasteiger partial charge is 0.154 e. The second-order valence-electron chi connectivity index (χ2n) is 5.86. The standard InChI is InChI=1S/C12H25NO2S2/c1-10(9-16-12(2,3)4)13-8-11-6-5-7-17(11,14)15/h10-11,13H,5-9H2,1-4H3. The molecule has 0 bridgehead atoms. The van der Waals surface area contributed by atoms with Gasteiger partial charge >= 0.3 is 0 Å². The van der Waals surface area contributed by atoms with Crippen molar-refractivity contribution in [3.05, 3.63) is 0 Å². The zero-order valence-corrected chi connectivity index (χ0v) is 13.0. The van der Waals surface area contributed by atoms with E-state index in [4.69, 9.17) is 0 Å². The highest BCUT2D eigenvalue weighted by Crippen LogP contribution is 2.24. The van der Waals surface area contributed by atoms with Crippen LogP contribution in [0, 0.1) is 0 Å². The third kappa shape index (κ3) is 5.62. The Morgan fingerprint density at radius 3 is 2.53 bits per heavy atom. The molecular weight excluding hydrogens is 254 g/mol. The van der Waals surface area contributed by atoms with Crippen LogP contribution in [0.25, 0.3) is 0 Å². The Balaban J connectivity index is 2.27. The van der Waals surface area contributed by atoms with E-state index in [-0.39, 0.29) is 10.00 Å². The Bertz CT molecular complexity index is 333. The first-order valence-electron chi connectivity index (χ1n) is 6.29. The van der Waals surface area contributed by atoms with E-state index < -0.39 is 9.84 Å². The molecule has 2 atom stereocenters. The van der Waals surface area contributed by atoms with Crippen molar-refractivity contribution in [2.45, 2.75) is 56.6 Å². The van der Waals surface area contributed by atoms with Gasteiger partial charge in [-0.3, -0.25) is 0 Å².